The Morgan fingerprint density at radius 1 is 1.00 bits per heavy atom. The number of nitrogens with zero attached hydrogens (tertiary/aromatic N) is 3. The first-order valence-electron chi connectivity index (χ1n) is 11.9. The predicted molar refractivity (Wildman–Crippen MR) is 126 cm³/mol. The molecule has 2 aromatic carbocycles. The minimum absolute atomic E-state index is 0.101. The standard InChI is InChI=1S/C26H31F2N3O4/c1-34-21-6-3-19(4-7-21)15-25(32)30-10-2-9-29(11-12-30)17-22-18-31(13-14-35-22)26(33)23-8-5-20(27)16-24(23)28/h3-8,16,22H,2,9-15,17-18H2,1H3. The van der Waals surface area contributed by atoms with Crippen molar-refractivity contribution in [3.63, 3.8) is 0 Å². The summed E-state index contributed by atoms with van der Waals surface area (Å²) in [4.78, 5) is 31.3. The third kappa shape index (κ3) is 6.55. The van der Waals surface area contributed by atoms with Gasteiger partial charge in [0.1, 0.15) is 17.4 Å². The topological polar surface area (TPSA) is 62.3 Å². The lowest BCUT2D eigenvalue weighted by Crippen LogP contribution is -2.50. The summed E-state index contributed by atoms with van der Waals surface area (Å²) in [5.41, 5.74) is 0.822. The van der Waals surface area contributed by atoms with Gasteiger partial charge in [-0.2, -0.15) is 0 Å². The number of benzene rings is 2. The van der Waals surface area contributed by atoms with Crippen molar-refractivity contribution in [2.45, 2.75) is 18.9 Å². The summed E-state index contributed by atoms with van der Waals surface area (Å²) in [6.45, 7) is 4.56. The molecule has 0 N–H and O–H groups in total. The van der Waals surface area contributed by atoms with E-state index in [4.69, 9.17) is 9.47 Å². The van der Waals surface area contributed by atoms with Crippen LogP contribution >= 0.6 is 0 Å². The van der Waals surface area contributed by atoms with Crippen molar-refractivity contribution < 1.29 is 27.8 Å². The van der Waals surface area contributed by atoms with Crippen LogP contribution in [-0.2, 0) is 16.0 Å². The SMILES string of the molecule is COc1ccc(CC(=O)N2CCCN(CC3CN(C(=O)c4ccc(F)cc4F)CCO3)CC2)cc1. The average Bonchev–Trinajstić information content (AvgIpc) is 3.10. The fraction of sp³-hybridized carbons (Fsp3) is 0.462. The largest absolute Gasteiger partial charge is 0.497 e. The molecule has 4 rings (SSSR count). The first kappa shape index (κ1) is 25.1. The van der Waals surface area contributed by atoms with Crippen LogP contribution in [0.2, 0.25) is 0 Å². The lowest BCUT2D eigenvalue weighted by atomic mass is 10.1. The highest BCUT2D eigenvalue weighted by molar-refractivity contribution is 5.94. The Labute approximate surface area is 204 Å². The molecule has 2 aromatic rings. The Hall–Kier alpha value is -3.04. The number of methoxy groups -OCH3 is 1. The van der Waals surface area contributed by atoms with Gasteiger partial charge in [0.25, 0.3) is 5.91 Å². The highest BCUT2D eigenvalue weighted by atomic mass is 19.1. The van der Waals surface area contributed by atoms with Gasteiger partial charge in [-0.25, -0.2) is 8.78 Å². The Morgan fingerprint density at radius 3 is 2.54 bits per heavy atom. The second kappa shape index (κ2) is 11.6. The van der Waals surface area contributed by atoms with Gasteiger partial charge in [0.15, 0.2) is 0 Å². The van der Waals surface area contributed by atoms with Gasteiger partial charge in [0.05, 0.1) is 31.8 Å². The van der Waals surface area contributed by atoms with Crippen molar-refractivity contribution in [2.24, 2.45) is 0 Å². The van der Waals surface area contributed by atoms with E-state index in [0.717, 1.165) is 43.0 Å². The van der Waals surface area contributed by atoms with Gasteiger partial charge >= 0.3 is 0 Å². The van der Waals surface area contributed by atoms with Crippen LogP contribution in [0.3, 0.4) is 0 Å². The van der Waals surface area contributed by atoms with Crippen LogP contribution in [0.15, 0.2) is 42.5 Å². The first-order chi connectivity index (χ1) is 16.9. The summed E-state index contributed by atoms with van der Waals surface area (Å²) < 4.78 is 38.3. The van der Waals surface area contributed by atoms with Crippen LogP contribution in [0.4, 0.5) is 8.78 Å². The molecule has 2 aliphatic rings. The number of carbonyl (C=O) groups is 2. The van der Waals surface area contributed by atoms with Gasteiger partial charge in [-0.05, 0) is 42.8 Å². The molecule has 7 nitrogen and oxygen atoms in total. The Bertz CT molecular complexity index is 1030. The molecule has 2 fully saturated rings. The van der Waals surface area contributed by atoms with Crippen molar-refractivity contribution in [2.75, 3.05) is 59.5 Å². The molecule has 2 saturated heterocycles. The molecule has 1 atom stereocenters. The third-order valence-electron chi connectivity index (χ3n) is 6.50. The highest BCUT2D eigenvalue weighted by Crippen LogP contribution is 2.17. The van der Waals surface area contributed by atoms with E-state index in [1.54, 1.807) is 12.0 Å². The lowest BCUT2D eigenvalue weighted by Gasteiger charge is -2.35. The molecular formula is C26H31F2N3O4. The van der Waals surface area contributed by atoms with Crippen molar-refractivity contribution >= 4 is 11.8 Å². The zero-order valence-corrected chi connectivity index (χ0v) is 19.9. The van der Waals surface area contributed by atoms with Crippen LogP contribution in [-0.4, -0.2) is 92.1 Å². The fourth-order valence-corrected chi connectivity index (χ4v) is 4.57. The molecule has 35 heavy (non-hydrogen) atoms. The summed E-state index contributed by atoms with van der Waals surface area (Å²) >= 11 is 0. The van der Waals surface area contributed by atoms with E-state index < -0.39 is 17.5 Å². The van der Waals surface area contributed by atoms with Crippen LogP contribution in [0.25, 0.3) is 0 Å². The van der Waals surface area contributed by atoms with Crippen molar-refractivity contribution in [3.8, 4) is 5.75 Å². The van der Waals surface area contributed by atoms with Crippen molar-refractivity contribution in [3.05, 3.63) is 65.2 Å². The highest BCUT2D eigenvalue weighted by Gasteiger charge is 2.29. The molecule has 1 unspecified atom stereocenters. The molecule has 0 bridgehead atoms. The fourth-order valence-electron chi connectivity index (χ4n) is 4.57. The number of ether oxygens (including phenoxy) is 2. The van der Waals surface area contributed by atoms with Crippen molar-refractivity contribution in [1.29, 1.82) is 0 Å². The molecule has 2 heterocycles. The summed E-state index contributed by atoms with van der Waals surface area (Å²) in [7, 11) is 1.61. The minimum Gasteiger partial charge on any atom is -0.497 e. The molecule has 0 spiro atoms. The summed E-state index contributed by atoms with van der Waals surface area (Å²) in [5.74, 6) is -1.16. The Morgan fingerprint density at radius 2 is 1.80 bits per heavy atom. The van der Waals surface area contributed by atoms with E-state index in [1.807, 2.05) is 29.2 Å². The molecule has 9 heteroatoms. The van der Waals surface area contributed by atoms with E-state index in [9.17, 15) is 18.4 Å². The van der Waals surface area contributed by atoms with Crippen LogP contribution in [0.1, 0.15) is 22.3 Å². The van der Waals surface area contributed by atoms with E-state index >= 15 is 0 Å². The van der Waals surface area contributed by atoms with Crippen LogP contribution < -0.4 is 4.74 Å². The number of hydrogen-bond acceptors (Lipinski definition) is 5. The van der Waals surface area contributed by atoms with Gasteiger partial charge < -0.3 is 19.3 Å². The number of hydrogen-bond donors (Lipinski definition) is 0. The first-order valence-corrected chi connectivity index (χ1v) is 11.9. The Balaban J connectivity index is 1.28. The van der Waals surface area contributed by atoms with Gasteiger partial charge in [-0.3, -0.25) is 14.5 Å². The molecule has 0 radical (unpaired) electrons. The number of morpholine rings is 1. The summed E-state index contributed by atoms with van der Waals surface area (Å²) in [5, 5.41) is 0. The number of amides is 2. The third-order valence-corrected chi connectivity index (χ3v) is 6.50. The predicted octanol–water partition coefficient (Wildman–Crippen LogP) is 2.59. The average molecular weight is 488 g/mol. The lowest BCUT2D eigenvalue weighted by molar-refractivity contribution is -0.130. The minimum atomic E-state index is -0.857. The van der Waals surface area contributed by atoms with E-state index in [-0.39, 0.29) is 17.6 Å². The van der Waals surface area contributed by atoms with E-state index in [1.165, 1.54) is 6.07 Å². The quantitative estimate of drug-likeness (QED) is 0.627. The monoisotopic (exact) mass is 487 g/mol. The van der Waals surface area contributed by atoms with Gasteiger partial charge in [0.2, 0.25) is 5.91 Å². The molecular weight excluding hydrogens is 456 g/mol. The molecule has 0 aromatic heterocycles. The van der Waals surface area contributed by atoms with Crippen LogP contribution in [0, 0.1) is 11.6 Å². The molecule has 0 saturated carbocycles. The zero-order chi connectivity index (χ0) is 24.8. The van der Waals surface area contributed by atoms with Crippen molar-refractivity contribution in [1.82, 2.24) is 14.7 Å². The normalized spacial score (nSPS) is 19.3. The van der Waals surface area contributed by atoms with E-state index in [2.05, 4.69) is 4.90 Å². The number of halogens is 2. The zero-order valence-electron chi connectivity index (χ0n) is 19.9. The second-order valence-electron chi connectivity index (χ2n) is 8.93. The molecule has 2 aliphatic heterocycles. The summed E-state index contributed by atoms with van der Waals surface area (Å²) in [6.07, 6.45) is 0.995. The molecule has 0 aliphatic carbocycles. The Kier molecular flexibility index (Phi) is 8.30. The number of carbonyl (C=O) groups excluding carboxylic acids is 2. The van der Waals surface area contributed by atoms with Gasteiger partial charge in [0, 0.05) is 45.3 Å². The van der Waals surface area contributed by atoms with Gasteiger partial charge in [-0.15, -0.1) is 0 Å². The molecule has 2 amide bonds. The maximum absolute atomic E-state index is 14.1. The summed E-state index contributed by atoms with van der Waals surface area (Å²) in [6, 6.07) is 10.5. The van der Waals surface area contributed by atoms with E-state index in [0.29, 0.717) is 45.8 Å². The second-order valence-corrected chi connectivity index (χ2v) is 8.93. The molecule has 188 valence electrons. The maximum atomic E-state index is 14.1. The van der Waals surface area contributed by atoms with Crippen LogP contribution in [0.5, 0.6) is 5.75 Å². The smallest absolute Gasteiger partial charge is 0.257 e. The maximum Gasteiger partial charge on any atom is 0.257 e. The number of rotatable bonds is 6. The van der Waals surface area contributed by atoms with Gasteiger partial charge in [-0.1, -0.05) is 12.1 Å².